The molecule has 2 aliphatic rings. The molecular formula is C24H19BrN2O4. The maximum atomic E-state index is 13.6. The van der Waals surface area contributed by atoms with Crippen LogP contribution in [0.3, 0.4) is 0 Å². The zero-order chi connectivity index (χ0) is 21.7. The summed E-state index contributed by atoms with van der Waals surface area (Å²) >= 11 is 3.44. The molecule has 0 aliphatic carbocycles. The van der Waals surface area contributed by atoms with Crippen molar-refractivity contribution in [1.82, 2.24) is 0 Å². The van der Waals surface area contributed by atoms with Crippen LogP contribution in [0.15, 0.2) is 77.3 Å². The summed E-state index contributed by atoms with van der Waals surface area (Å²) in [7, 11) is 0. The Labute approximate surface area is 187 Å². The van der Waals surface area contributed by atoms with Crippen molar-refractivity contribution in [3.63, 3.8) is 0 Å². The van der Waals surface area contributed by atoms with Crippen LogP contribution >= 0.6 is 15.9 Å². The minimum absolute atomic E-state index is 0.0348. The number of hydroxylamine groups is 1. The van der Waals surface area contributed by atoms with Gasteiger partial charge in [0.05, 0.1) is 17.4 Å². The second-order valence-corrected chi connectivity index (χ2v) is 8.63. The number of phenols is 1. The van der Waals surface area contributed by atoms with E-state index in [9.17, 15) is 14.7 Å². The molecule has 0 bridgehead atoms. The Balaban J connectivity index is 1.63. The van der Waals surface area contributed by atoms with Crippen LogP contribution in [0.2, 0.25) is 0 Å². The van der Waals surface area contributed by atoms with E-state index in [4.69, 9.17) is 4.84 Å². The van der Waals surface area contributed by atoms with Crippen LogP contribution in [0.4, 0.5) is 11.4 Å². The number of phenolic OH excluding ortho intramolecular Hbond substituents is 1. The summed E-state index contributed by atoms with van der Waals surface area (Å²) in [4.78, 5) is 34.2. The van der Waals surface area contributed by atoms with Gasteiger partial charge >= 0.3 is 0 Å². The molecule has 2 fully saturated rings. The third-order valence-electron chi connectivity index (χ3n) is 5.69. The Morgan fingerprint density at radius 2 is 1.65 bits per heavy atom. The fourth-order valence-corrected chi connectivity index (χ4v) is 4.69. The number of carbonyl (C=O) groups is 2. The molecule has 0 saturated carbocycles. The predicted octanol–water partition coefficient (Wildman–Crippen LogP) is 4.51. The molecule has 2 aliphatic heterocycles. The standard InChI is InChI=1S/C24H19BrN2O4/c1-14-6-5-9-17(12-14)26-23(29)20-21(18-13-15(25)10-11-19(18)28)27(31-22(20)24(26)30)16-7-3-2-4-8-16/h2-13,20-22,28H,1H3/t20-,21+,22-/m0/s1. The van der Waals surface area contributed by atoms with E-state index >= 15 is 0 Å². The lowest BCUT2D eigenvalue weighted by molar-refractivity contribution is -0.126. The summed E-state index contributed by atoms with van der Waals surface area (Å²) in [6.45, 7) is 1.91. The van der Waals surface area contributed by atoms with E-state index in [1.807, 2.05) is 49.4 Å². The van der Waals surface area contributed by atoms with Gasteiger partial charge in [0.25, 0.3) is 5.91 Å². The van der Waals surface area contributed by atoms with Crippen molar-refractivity contribution in [2.45, 2.75) is 19.1 Å². The van der Waals surface area contributed by atoms with E-state index < -0.39 is 24.0 Å². The van der Waals surface area contributed by atoms with Gasteiger partial charge in [-0.15, -0.1) is 0 Å². The largest absolute Gasteiger partial charge is 0.508 e. The van der Waals surface area contributed by atoms with E-state index in [1.165, 1.54) is 4.90 Å². The Bertz CT molecular complexity index is 1180. The molecule has 0 unspecified atom stereocenters. The van der Waals surface area contributed by atoms with Gasteiger partial charge in [-0.3, -0.25) is 14.4 Å². The van der Waals surface area contributed by atoms with Crippen LogP contribution < -0.4 is 9.96 Å². The number of aromatic hydroxyl groups is 1. The molecule has 0 radical (unpaired) electrons. The molecule has 3 atom stereocenters. The fraction of sp³-hybridized carbons (Fsp3) is 0.167. The number of nitrogens with zero attached hydrogens (tertiary/aromatic N) is 2. The highest BCUT2D eigenvalue weighted by Crippen LogP contribution is 2.49. The molecule has 2 saturated heterocycles. The lowest BCUT2D eigenvalue weighted by Crippen LogP contribution is -2.37. The first-order chi connectivity index (χ1) is 15.0. The van der Waals surface area contributed by atoms with Gasteiger partial charge in [-0.1, -0.05) is 46.3 Å². The highest BCUT2D eigenvalue weighted by Gasteiger charge is 2.60. The maximum Gasteiger partial charge on any atom is 0.266 e. The zero-order valence-electron chi connectivity index (χ0n) is 16.6. The number of para-hydroxylation sites is 1. The number of amides is 2. The van der Waals surface area contributed by atoms with Crippen molar-refractivity contribution >= 4 is 39.1 Å². The van der Waals surface area contributed by atoms with Crippen molar-refractivity contribution in [2.24, 2.45) is 5.92 Å². The van der Waals surface area contributed by atoms with Crippen LogP contribution in [0.25, 0.3) is 0 Å². The van der Waals surface area contributed by atoms with Gasteiger partial charge in [0.15, 0.2) is 6.10 Å². The molecule has 0 aromatic heterocycles. The second kappa shape index (κ2) is 7.51. The summed E-state index contributed by atoms with van der Waals surface area (Å²) in [5.74, 6) is -1.51. The Hall–Kier alpha value is -3.16. The van der Waals surface area contributed by atoms with Gasteiger partial charge in [-0.05, 0) is 55.0 Å². The number of imide groups is 1. The molecule has 6 nitrogen and oxygen atoms in total. The molecule has 156 valence electrons. The van der Waals surface area contributed by atoms with Crippen LogP contribution in [-0.2, 0) is 14.4 Å². The zero-order valence-corrected chi connectivity index (χ0v) is 18.2. The first-order valence-corrected chi connectivity index (χ1v) is 10.7. The number of benzene rings is 3. The molecule has 2 heterocycles. The fourth-order valence-electron chi connectivity index (χ4n) is 4.31. The molecule has 3 aromatic rings. The third-order valence-corrected chi connectivity index (χ3v) is 6.19. The smallest absolute Gasteiger partial charge is 0.266 e. The number of anilines is 2. The highest BCUT2D eigenvalue weighted by molar-refractivity contribution is 9.10. The number of aryl methyl sites for hydroxylation is 1. The van der Waals surface area contributed by atoms with Crippen molar-refractivity contribution < 1.29 is 19.5 Å². The first kappa shape index (κ1) is 19.8. The topological polar surface area (TPSA) is 70.1 Å². The average molecular weight is 479 g/mol. The molecule has 31 heavy (non-hydrogen) atoms. The van der Waals surface area contributed by atoms with Crippen molar-refractivity contribution in [3.8, 4) is 5.75 Å². The molecular weight excluding hydrogens is 460 g/mol. The van der Waals surface area contributed by atoms with Gasteiger partial charge in [-0.25, -0.2) is 9.96 Å². The summed E-state index contributed by atoms with van der Waals surface area (Å²) in [5, 5.41) is 12.2. The van der Waals surface area contributed by atoms with Crippen LogP contribution in [0, 0.1) is 12.8 Å². The van der Waals surface area contributed by atoms with Gasteiger partial charge < -0.3 is 5.11 Å². The first-order valence-electron chi connectivity index (χ1n) is 9.89. The highest BCUT2D eigenvalue weighted by atomic mass is 79.9. The van der Waals surface area contributed by atoms with Gasteiger partial charge in [0, 0.05) is 10.0 Å². The maximum absolute atomic E-state index is 13.6. The Morgan fingerprint density at radius 1 is 0.903 bits per heavy atom. The predicted molar refractivity (Wildman–Crippen MR) is 120 cm³/mol. The van der Waals surface area contributed by atoms with Crippen molar-refractivity contribution in [3.05, 3.63) is 88.4 Å². The monoisotopic (exact) mass is 478 g/mol. The van der Waals surface area contributed by atoms with Gasteiger partial charge in [-0.2, -0.15) is 0 Å². The number of hydrogen-bond donors (Lipinski definition) is 1. The van der Waals surface area contributed by atoms with E-state index in [2.05, 4.69) is 15.9 Å². The van der Waals surface area contributed by atoms with E-state index in [1.54, 1.807) is 35.4 Å². The molecule has 3 aromatic carbocycles. The number of carbonyl (C=O) groups excluding carboxylic acids is 2. The molecule has 2 amide bonds. The van der Waals surface area contributed by atoms with Crippen LogP contribution in [0.1, 0.15) is 17.2 Å². The van der Waals surface area contributed by atoms with Crippen molar-refractivity contribution in [2.75, 3.05) is 9.96 Å². The normalized spacial score (nSPS) is 22.8. The number of halogens is 1. The minimum atomic E-state index is -0.975. The Kier molecular flexibility index (Phi) is 4.79. The van der Waals surface area contributed by atoms with E-state index in [0.29, 0.717) is 16.9 Å². The summed E-state index contributed by atoms with van der Waals surface area (Å²) in [6.07, 6.45) is -0.975. The van der Waals surface area contributed by atoms with Crippen LogP contribution in [0.5, 0.6) is 5.75 Å². The van der Waals surface area contributed by atoms with Crippen molar-refractivity contribution in [1.29, 1.82) is 0 Å². The van der Waals surface area contributed by atoms with Gasteiger partial charge in [0.2, 0.25) is 5.91 Å². The van der Waals surface area contributed by atoms with Crippen LogP contribution in [-0.4, -0.2) is 23.0 Å². The SMILES string of the molecule is Cc1cccc(N2C(=O)[C@@H]3[C@H](ON(c4ccccc4)[C@@H]3c3cc(Br)ccc3O)C2=O)c1. The molecule has 1 N–H and O–H groups in total. The third kappa shape index (κ3) is 3.21. The summed E-state index contributed by atoms with van der Waals surface area (Å²) in [5.41, 5.74) is 2.68. The molecule has 5 rings (SSSR count). The minimum Gasteiger partial charge on any atom is -0.508 e. The number of fused-ring (bicyclic) bond motifs is 1. The number of rotatable bonds is 3. The van der Waals surface area contributed by atoms with Gasteiger partial charge in [0.1, 0.15) is 11.7 Å². The second-order valence-electron chi connectivity index (χ2n) is 7.71. The summed E-state index contributed by atoms with van der Waals surface area (Å²) < 4.78 is 0.754. The Morgan fingerprint density at radius 3 is 2.39 bits per heavy atom. The lowest BCUT2D eigenvalue weighted by atomic mass is 9.90. The lowest BCUT2D eigenvalue weighted by Gasteiger charge is -2.29. The molecule has 7 heteroatoms. The quantitative estimate of drug-likeness (QED) is 0.560. The van der Waals surface area contributed by atoms with E-state index in [-0.39, 0.29) is 11.7 Å². The summed E-state index contributed by atoms with van der Waals surface area (Å²) in [6, 6.07) is 20.9. The molecule has 0 spiro atoms. The average Bonchev–Trinajstić information content (AvgIpc) is 3.26. The van der Waals surface area contributed by atoms with E-state index in [0.717, 1.165) is 10.0 Å². The number of hydrogen-bond acceptors (Lipinski definition) is 5.